The lowest BCUT2D eigenvalue weighted by Crippen LogP contribution is -2.38. The van der Waals surface area contributed by atoms with Crippen molar-refractivity contribution < 1.29 is 4.79 Å². The van der Waals surface area contributed by atoms with Gasteiger partial charge in [0, 0.05) is 12.6 Å². The van der Waals surface area contributed by atoms with Crippen LogP contribution in [0.1, 0.15) is 62.9 Å². The molecule has 0 aliphatic heterocycles. The number of amides is 1. The van der Waals surface area contributed by atoms with E-state index in [0.717, 1.165) is 31.7 Å². The highest BCUT2D eigenvalue weighted by molar-refractivity contribution is 5.92. The van der Waals surface area contributed by atoms with Crippen molar-refractivity contribution in [2.24, 2.45) is 5.92 Å². The Labute approximate surface area is 127 Å². The fraction of sp³-hybridized carbons (Fsp3) is 0.688. The molecule has 21 heavy (non-hydrogen) atoms. The van der Waals surface area contributed by atoms with Crippen LogP contribution in [0.3, 0.4) is 0 Å². The van der Waals surface area contributed by atoms with Gasteiger partial charge in [0.05, 0.1) is 12.4 Å². The smallest absolute Gasteiger partial charge is 0.271 e. The second-order valence-electron chi connectivity index (χ2n) is 5.83. The number of anilines is 1. The lowest BCUT2D eigenvalue weighted by Gasteiger charge is -2.28. The number of nitrogens with zero attached hydrogens (tertiary/aromatic N) is 2. The quantitative estimate of drug-likeness (QED) is 0.845. The molecule has 2 N–H and O–H groups in total. The second-order valence-corrected chi connectivity index (χ2v) is 5.83. The zero-order chi connectivity index (χ0) is 15.1. The summed E-state index contributed by atoms with van der Waals surface area (Å²) in [5.74, 6) is 1.30. The molecule has 0 aromatic carbocycles. The van der Waals surface area contributed by atoms with Crippen molar-refractivity contribution in [2.45, 2.75) is 58.4 Å². The summed E-state index contributed by atoms with van der Waals surface area (Å²) in [4.78, 5) is 20.7. The summed E-state index contributed by atoms with van der Waals surface area (Å²) in [7, 11) is 0. The van der Waals surface area contributed by atoms with Crippen molar-refractivity contribution in [3.05, 3.63) is 18.1 Å². The molecule has 0 bridgehead atoms. The van der Waals surface area contributed by atoms with Gasteiger partial charge in [-0.1, -0.05) is 33.1 Å². The van der Waals surface area contributed by atoms with Gasteiger partial charge in [-0.2, -0.15) is 0 Å². The molecule has 2 rings (SSSR count). The molecule has 1 fully saturated rings. The number of rotatable bonds is 6. The molecule has 1 aromatic rings. The SMILES string of the molecule is CCCNc1cncc(C(=O)NC2CCCC(CC)C2)n1. The van der Waals surface area contributed by atoms with Gasteiger partial charge in [0.25, 0.3) is 5.91 Å². The van der Waals surface area contributed by atoms with E-state index in [1.807, 2.05) is 0 Å². The summed E-state index contributed by atoms with van der Waals surface area (Å²) in [5, 5.41) is 6.27. The standard InChI is InChI=1S/C16H26N4O/c1-3-8-18-15-11-17-10-14(20-15)16(21)19-13-7-5-6-12(4-2)9-13/h10-13H,3-9H2,1-2H3,(H,18,20)(H,19,21). The van der Waals surface area contributed by atoms with Crippen LogP contribution in [0.4, 0.5) is 5.82 Å². The molecule has 0 radical (unpaired) electrons. The molecule has 2 unspecified atom stereocenters. The van der Waals surface area contributed by atoms with Crippen molar-refractivity contribution >= 4 is 11.7 Å². The summed E-state index contributed by atoms with van der Waals surface area (Å²) in [5.41, 5.74) is 0.398. The third kappa shape index (κ3) is 4.69. The first kappa shape index (κ1) is 15.7. The molecule has 1 aromatic heterocycles. The van der Waals surface area contributed by atoms with Crippen LogP contribution in [0, 0.1) is 5.92 Å². The van der Waals surface area contributed by atoms with Crippen molar-refractivity contribution in [2.75, 3.05) is 11.9 Å². The first-order chi connectivity index (χ1) is 10.2. The zero-order valence-corrected chi connectivity index (χ0v) is 13.1. The fourth-order valence-corrected chi connectivity index (χ4v) is 2.87. The Morgan fingerprint density at radius 1 is 1.33 bits per heavy atom. The summed E-state index contributed by atoms with van der Waals surface area (Å²) in [6.45, 7) is 5.15. The van der Waals surface area contributed by atoms with Gasteiger partial charge in [0.2, 0.25) is 0 Å². The Kier molecular flexibility index (Phi) is 5.96. The second kappa shape index (κ2) is 7.96. The Bertz CT molecular complexity index is 463. The molecule has 2 atom stereocenters. The van der Waals surface area contributed by atoms with E-state index in [9.17, 15) is 4.79 Å². The molecule has 1 heterocycles. The monoisotopic (exact) mass is 290 g/mol. The number of carbonyl (C=O) groups excluding carboxylic acids is 1. The lowest BCUT2D eigenvalue weighted by molar-refractivity contribution is 0.0913. The minimum absolute atomic E-state index is 0.107. The molecule has 116 valence electrons. The maximum absolute atomic E-state index is 12.3. The predicted molar refractivity (Wildman–Crippen MR) is 84.3 cm³/mol. The van der Waals surface area contributed by atoms with Crippen molar-refractivity contribution in [1.82, 2.24) is 15.3 Å². The molecule has 0 saturated heterocycles. The van der Waals surface area contributed by atoms with Gasteiger partial charge < -0.3 is 10.6 Å². The number of nitrogens with one attached hydrogen (secondary N) is 2. The minimum Gasteiger partial charge on any atom is -0.369 e. The molecule has 1 aliphatic rings. The molecule has 0 spiro atoms. The molecule has 5 nitrogen and oxygen atoms in total. The first-order valence-electron chi connectivity index (χ1n) is 8.09. The van der Waals surface area contributed by atoms with E-state index in [2.05, 4.69) is 34.4 Å². The first-order valence-corrected chi connectivity index (χ1v) is 8.09. The largest absolute Gasteiger partial charge is 0.369 e. The van der Waals surface area contributed by atoms with E-state index < -0.39 is 0 Å². The van der Waals surface area contributed by atoms with Gasteiger partial charge in [0.1, 0.15) is 11.5 Å². The summed E-state index contributed by atoms with van der Waals surface area (Å²) in [6.07, 6.45) is 10.0. The molecule has 1 amide bonds. The highest BCUT2D eigenvalue weighted by Crippen LogP contribution is 2.26. The van der Waals surface area contributed by atoms with Gasteiger partial charge in [-0.05, 0) is 25.2 Å². The van der Waals surface area contributed by atoms with Gasteiger partial charge >= 0.3 is 0 Å². The van der Waals surface area contributed by atoms with Crippen LogP contribution in [-0.2, 0) is 0 Å². The van der Waals surface area contributed by atoms with Gasteiger partial charge in [0.15, 0.2) is 0 Å². The summed E-state index contributed by atoms with van der Waals surface area (Å²) >= 11 is 0. The summed E-state index contributed by atoms with van der Waals surface area (Å²) < 4.78 is 0. The molecule has 1 aliphatic carbocycles. The molecule has 1 saturated carbocycles. The van der Waals surface area contributed by atoms with E-state index in [4.69, 9.17) is 0 Å². The van der Waals surface area contributed by atoms with Crippen LogP contribution >= 0.6 is 0 Å². The van der Waals surface area contributed by atoms with Crippen LogP contribution in [0.2, 0.25) is 0 Å². The van der Waals surface area contributed by atoms with E-state index in [0.29, 0.717) is 11.5 Å². The Balaban J connectivity index is 1.93. The maximum atomic E-state index is 12.3. The van der Waals surface area contributed by atoms with Crippen LogP contribution in [0.25, 0.3) is 0 Å². The van der Waals surface area contributed by atoms with Crippen LogP contribution in [-0.4, -0.2) is 28.5 Å². The molecular weight excluding hydrogens is 264 g/mol. The lowest BCUT2D eigenvalue weighted by atomic mass is 9.84. The number of carbonyl (C=O) groups is 1. The Morgan fingerprint density at radius 2 is 2.19 bits per heavy atom. The van der Waals surface area contributed by atoms with Crippen LogP contribution in [0.5, 0.6) is 0 Å². The fourth-order valence-electron chi connectivity index (χ4n) is 2.87. The average Bonchev–Trinajstić information content (AvgIpc) is 2.53. The Morgan fingerprint density at radius 3 is 2.95 bits per heavy atom. The van der Waals surface area contributed by atoms with Crippen molar-refractivity contribution in [3.63, 3.8) is 0 Å². The topological polar surface area (TPSA) is 66.9 Å². The average molecular weight is 290 g/mol. The predicted octanol–water partition coefficient (Wildman–Crippen LogP) is 3.00. The van der Waals surface area contributed by atoms with Gasteiger partial charge in [-0.15, -0.1) is 0 Å². The van der Waals surface area contributed by atoms with Crippen LogP contribution < -0.4 is 10.6 Å². The number of aromatic nitrogens is 2. The zero-order valence-electron chi connectivity index (χ0n) is 13.1. The van der Waals surface area contributed by atoms with Crippen molar-refractivity contribution in [1.29, 1.82) is 0 Å². The van der Waals surface area contributed by atoms with E-state index in [1.165, 1.54) is 25.5 Å². The minimum atomic E-state index is -0.107. The third-order valence-electron chi connectivity index (χ3n) is 4.12. The number of hydrogen-bond donors (Lipinski definition) is 2. The van der Waals surface area contributed by atoms with Gasteiger partial charge in [-0.3, -0.25) is 9.78 Å². The molecular formula is C16H26N4O. The van der Waals surface area contributed by atoms with E-state index >= 15 is 0 Å². The van der Waals surface area contributed by atoms with Crippen LogP contribution in [0.15, 0.2) is 12.4 Å². The highest BCUT2D eigenvalue weighted by Gasteiger charge is 2.23. The van der Waals surface area contributed by atoms with Crippen molar-refractivity contribution in [3.8, 4) is 0 Å². The molecule has 5 heteroatoms. The van der Waals surface area contributed by atoms with E-state index in [1.54, 1.807) is 6.20 Å². The summed E-state index contributed by atoms with van der Waals surface area (Å²) in [6, 6.07) is 0.283. The normalized spacial score (nSPS) is 21.8. The maximum Gasteiger partial charge on any atom is 0.271 e. The third-order valence-corrected chi connectivity index (χ3v) is 4.12. The van der Waals surface area contributed by atoms with E-state index in [-0.39, 0.29) is 11.9 Å². The number of hydrogen-bond acceptors (Lipinski definition) is 4. The van der Waals surface area contributed by atoms with Gasteiger partial charge in [-0.25, -0.2) is 4.98 Å². The Hall–Kier alpha value is -1.65. The highest BCUT2D eigenvalue weighted by atomic mass is 16.1.